The van der Waals surface area contributed by atoms with Crippen molar-refractivity contribution in [2.45, 2.75) is 5.01 Å². The molecule has 0 aliphatic rings. The second-order valence-corrected chi connectivity index (χ2v) is 1.68. The quantitative estimate of drug-likeness (QED) is 0.200. The summed E-state index contributed by atoms with van der Waals surface area (Å²) in [5.74, 6) is 1.97. The number of terminal acetylenes is 1. The van der Waals surface area contributed by atoms with E-state index in [0.29, 0.717) is 0 Å². The van der Waals surface area contributed by atoms with Crippen LogP contribution in [0.15, 0.2) is 0 Å². The van der Waals surface area contributed by atoms with E-state index < -0.39 is 11.2 Å². The Kier molecular flexibility index (Phi) is 9.89. The van der Waals surface area contributed by atoms with Gasteiger partial charge in [-0.3, -0.25) is 0 Å². The first-order valence-electron chi connectivity index (χ1n) is 1.64. The summed E-state index contributed by atoms with van der Waals surface area (Å²) < 4.78 is 3.89. The normalized spacial score (nSPS) is 10.2. The minimum atomic E-state index is -1.63. The van der Waals surface area contributed by atoms with Crippen molar-refractivity contribution in [3.8, 4) is 12.3 Å². The van der Waals surface area contributed by atoms with Gasteiger partial charge in [0.2, 0.25) is 0 Å². The van der Waals surface area contributed by atoms with Gasteiger partial charge in [-0.05, 0) is 0 Å². The molecule has 0 saturated heterocycles. The minimum absolute atomic E-state index is 0. The van der Waals surface area contributed by atoms with Crippen LogP contribution in [0.5, 0.6) is 0 Å². The van der Waals surface area contributed by atoms with E-state index in [1.54, 1.807) is 0 Å². The molecule has 0 aliphatic carbocycles. The van der Waals surface area contributed by atoms with Crippen LogP contribution in [-0.4, -0.2) is 11.2 Å². The molecule has 0 amide bonds. The van der Waals surface area contributed by atoms with Crippen LogP contribution in [0.1, 0.15) is 0 Å². The van der Waals surface area contributed by atoms with Crippen LogP contribution < -0.4 is 56.5 Å². The molecule has 0 N–H and O–H groups in total. The van der Waals surface area contributed by atoms with Gasteiger partial charge in [0.05, 0.1) is 0 Å². The van der Waals surface area contributed by atoms with Crippen molar-refractivity contribution >= 4 is 22.1 Å². The third-order valence-corrected chi connectivity index (χ3v) is 0.782. The standard InChI is InChI=1S/C4H3BrO3.K/c1-2-3(5)8-4(6)7;/h1,3H,(H,6,7);/q;+1/p-1. The fraction of sp³-hybridized carbons (Fsp3) is 0.250. The smallest absolute Gasteiger partial charge is 0.523 e. The summed E-state index contributed by atoms with van der Waals surface area (Å²) in [6.45, 7) is 0. The van der Waals surface area contributed by atoms with Crippen molar-refractivity contribution in [2.24, 2.45) is 0 Å². The second kappa shape index (κ2) is 7.06. The summed E-state index contributed by atoms with van der Waals surface area (Å²) in [5.41, 5.74) is 0. The molecule has 1 atom stereocenters. The number of ether oxygens (including phenoxy) is 1. The average molecular weight is 217 g/mol. The number of carbonyl (C=O) groups excluding carboxylic acids is 1. The molecule has 44 valence electrons. The van der Waals surface area contributed by atoms with Gasteiger partial charge in [0.15, 0.2) is 5.01 Å². The van der Waals surface area contributed by atoms with Crippen LogP contribution in [0.3, 0.4) is 0 Å². The maximum absolute atomic E-state index is 9.51. The zero-order chi connectivity index (χ0) is 6.57. The molecule has 0 aliphatic heterocycles. The molecule has 0 fully saturated rings. The van der Waals surface area contributed by atoms with Crippen LogP contribution in [0.4, 0.5) is 4.79 Å². The molecule has 0 rings (SSSR count). The third-order valence-electron chi connectivity index (χ3n) is 0.331. The van der Waals surface area contributed by atoms with Gasteiger partial charge in [0.1, 0.15) is 0 Å². The van der Waals surface area contributed by atoms with E-state index in [4.69, 9.17) is 6.42 Å². The summed E-state index contributed by atoms with van der Waals surface area (Å²) in [4.78, 5) is 9.51. The summed E-state index contributed by atoms with van der Waals surface area (Å²) in [7, 11) is 0. The van der Waals surface area contributed by atoms with Crippen molar-refractivity contribution in [1.82, 2.24) is 0 Å². The number of carboxylic acid groups (broad SMARTS) is 1. The molecule has 0 aromatic carbocycles. The Bertz CT molecular complexity index is 130. The molecule has 0 aromatic heterocycles. The van der Waals surface area contributed by atoms with Crippen LogP contribution in [-0.2, 0) is 4.74 Å². The van der Waals surface area contributed by atoms with Gasteiger partial charge < -0.3 is 14.6 Å². The zero-order valence-corrected chi connectivity index (χ0v) is 9.47. The van der Waals surface area contributed by atoms with Crippen LogP contribution >= 0.6 is 15.9 Å². The fourth-order valence-corrected chi connectivity index (χ4v) is 0.271. The van der Waals surface area contributed by atoms with Crippen LogP contribution in [0.25, 0.3) is 0 Å². The molecule has 3 nitrogen and oxygen atoms in total. The summed E-state index contributed by atoms with van der Waals surface area (Å²) in [6.07, 6.45) is 3.07. The molecule has 1 unspecified atom stereocenters. The Morgan fingerprint density at radius 3 is 2.44 bits per heavy atom. The van der Waals surface area contributed by atoms with Gasteiger partial charge in [-0.15, -0.1) is 6.42 Å². The Morgan fingerprint density at radius 1 is 1.89 bits per heavy atom. The predicted octanol–water partition coefficient (Wildman–Crippen LogP) is -3.30. The van der Waals surface area contributed by atoms with Gasteiger partial charge in [-0.25, -0.2) is 0 Å². The Labute approximate surface area is 104 Å². The van der Waals surface area contributed by atoms with E-state index in [2.05, 4.69) is 20.7 Å². The molecular formula is C4H2BrKO3. The Balaban J connectivity index is 0. The van der Waals surface area contributed by atoms with Crippen molar-refractivity contribution in [1.29, 1.82) is 0 Å². The Morgan fingerprint density at radius 2 is 2.33 bits per heavy atom. The molecular weight excluding hydrogens is 215 g/mol. The van der Waals surface area contributed by atoms with E-state index in [9.17, 15) is 9.90 Å². The van der Waals surface area contributed by atoms with Crippen LogP contribution in [0.2, 0.25) is 0 Å². The second-order valence-electron chi connectivity index (χ2n) is 0.851. The number of carbonyl (C=O) groups is 1. The monoisotopic (exact) mass is 216 g/mol. The van der Waals surface area contributed by atoms with E-state index in [0.717, 1.165) is 0 Å². The van der Waals surface area contributed by atoms with Gasteiger partial charge in [0.25, 0.3) is 6.16 Å². The number of halogens is 1. The number of hydrogen-bond acceptors (Lipinski definition) is 3. The largest absolute Gasteiger partial charge is 1.00 e. The van der Waals surface area contributed by atoms with E-state index >= 15 is 0 Å². The molecule has 0 aromatic rings. The average Bonchev–Trinajstić information content (AvgIpc) is 1.65. The third kappa shape index (κ3) is 8.95. The van der Waals surface area contributed by atoms with Crippen LogP contribution in [0, 0.1) is 12.3 Å². The number of alkyl halides is 1. The maximum atomic E-state index is 9.51. The predicted molar refractivity (Wildman–Crippen MR) is 28.0 cm³/mol. The SMILES string of the molecule is C#CC(Br)OC(=O)[O-].[K+]. The molecule has 0 heterocycles. The van der Waals surface area contributed by atoms with Crippen molar-refractivity contribution in [2.75, 3.05) is 0 Å². The van der Waals surface area contributed by atoms with Gasteiger partial charge in [-0.1, -0.05) is 21.9 Å². The topological polar surface area (TPSA) is 49.4 Å². The molecule has 0 spiro atoms. The van der Waals surface area contributed by atoms with E-state index in [-0.39, 0.29) is 51.4 Å². The van der Waals surface area contributed by atoms with E-state index in [1.807, 2.05) is 5.92 Å². The van der Waals surface area contributed by atoms with Gasteiger partial charge in [-0.2, -0.15) is 0 Å². The minimum Gasteiger partial charge on any atom is -0.523 e. The van der Waals surface area contributed by atoms with E-state index in [1.165, 1.54) is 0 Å². The van der Waals surface area contributed by atoms with Gasteiger partial charge >= 0.3 is 51.4 Å². The first-order chi connectivity index (χ1) is 3.66. The molecule has 0 bridgehead atoms. The molecule has 5 heteroatoms. The molecule has 0 radical (unpaired) electrons. The van der Waals surface area contributed by atoms with Crippen molar-refractivity contribution in [3.63, 3.8) is 0 Å². The summed E-state index contributed by atoms with van der Waals surface area (Å²) in [5, 5.41) is 8.61. The van der Waals surface area contributed by atoms with Crippen molar-refractivity contribution in [3.05, 3.63) is 0 Å². The summed E-state index contributed by atoms with van der Waals surface area (Å²) in [6, 6.07) is 0. The first-order valence-corrected chi connectivity index (χ1v) is 2.56. The summed E-state index contributed by atoms with van der Waals surface area (Å²) >= 11 is 2.70. The Hall–Kier alpha value is 0.946. The molecule has 0 saturated carbocycles. The fourth-order valence-electron chi connectivity index (χ4n) is 0.119. The molecule has 9 heavy (non-hydrogen) atoms. The number of rotatable bonds is 1. The zero-order valence-electron chi connectivity index (χ0n) is 4.76. The maximum Gasteiger partial charge on any atom is 1.00 e. The first kappa shape index (κ1) is 12.6. The number of hydrogen-bond donors (Lipinski definition) is 0. The van der Waals surface area contributed by atoms with Gasteiger partial charge in [0, 0.05) is 0 Å². The van der Waals surface area contributed by atoms with Crippen molar-refractivity contribution < 1.29 is 66.0 Å².